The van der Waals surface area contributed by atoms with Gasteiger partial charge >= 0.3 is 17.9 Å². The summed E-state index contributed by atoms with van der Waals surface area (Å²) in [5.41, 5.74) is 11.7. The van der Waals surface area contributed by atoms with Gasteiger partial charge in [-0.1, -0.05) is 12.2 Å². The second-order valence-corrected chi connectivity index (χ2v) is 6.21. The maximum Gasteiger partial charge on any atom is 0.303 e. The van der Waals surface area contributed by atoms with Crippen LogP contribution < -0.4 is 11.5 Å². The van der Waals surface area contributed by atoms with Gasteiger partial charge in [0.1, 0.15) is 29.2 Å². The number of nitrogens with zero attached hydrogens (tertiary/aromatic N) is 2. The van der Waals surface area contributed by atoms with Crippen molar-refractivity contribution in [2.45, 2.75) is 45.3 Å². The predicted molar refractivity (Wildman–Crippen MR) is 94.2 cm³/mol. The number of ether oxygens (including phenoxy) is 4. The van der Waals surface area contributed by atoms with Crippen LogP contribution >= 0.6 is 12.2 Å². The molecule has 148 valence electrons. The number of carbonyl (C=O) groups excluding carboxylic acids is 3. The minimum atomic E-state index is -1.07. The average Bonchev–Trinajstić information content (AvgIpc) is 3.06. The van der Waals surface area contributed by atoms with E-state index in [1.807, 2.05) is 0 Å². The molecule has 0 unspecified atom stereocenters. The summed E-state index contributed by atoms with van der Waals surface area (Å²) in [6, 6.07) is 0. The summed E-state index contributed by atoms with van der Waals surface area (Å²) in [6.07, 6.45) is -2.70. The summed E-state index contributed by atoms with van der Waals surface area (Å²) >= 11 is 4.88. The zero-order valence-corrected chi connectivity index (χ0v) is 15.7. The maximum absolute atomic E-state index is 11.6. The van der Waals surface area contributed by atoms with Crippen molar-refractivity contribution < 1.29 is 33.3 Å². The van der Waals surface area contributed by atoms with E-state index in [2.05, 4.69) is 4.98 Å². The fourth-order valence-electron chi connectivity index (χ4n) is 2.68. The lowest BCUT2D eigenvalue weighted by molar-refractivity contribution is -0.166. The van der Waals surface area contributed by atoms with E-state index in [0.717, 1.165) is 0 Å². The highest BCUT2D eigenvalue weighted by atomic mass is 32.1. The van der Waals surface area contributed by atoms with E-state index in [-0.39, 0.29) is 23.1 Å². The van der Waals surface area contributed by atoms with E-state index in [9.17, 15) is 14.4 Å². The first kappa shape index (κ1) is 20.6. The zero-order chi connectivity index (χ0) is 20.3. The minimum Gasteiger partial charge on any atom is -0.463 e. The van der Waals surface area contributed by atoms with Crippen LogP contribution in [0.25, 0.3) is 0 Å². The molecule has 1 aromatic heterocycles. The molecule has 0 spiro atoms. The van der Waals surface area contributed by atoms with E-state index >= 15 is 0 Å². The van der Waals surface area contributed by atoms with Gasteiger partial charge < -0.3 is 30.4 Å². The van der Waals surface area contributed by atoms with Crippen molar-refractivity contribution in [1.29, 1.82) is 0 Å². The molecule has 1 aromatic rings. The van der Waals surface area contributed by atoms with Crippen LogP contribution in [0.3, 0.4) is 0 Å². The molecule has 0 amide bonds. The molecule has 1 aliphatic rings. The Morgan fingerprint density at radius 3 is 2.26 bits per heavy atom. The molecule has 0 saturated carbocycles. The van der Waals surface area contributed by atoms with Crippen LogP contribution in [0.15, 0.2) is 6.33 Å². The van der Waals surface area contributed by atoms with E-state index < -0.39 is 42.4 Å². The largest absolute Gasteiger partial charge is 0.463 e. The Balaban J connectivity index is 2.41. The molecule has 0 radical (unpaired) electrons. The standard InChI is InChI=1S/C15H20N4O7S/c1-6(20)23-4-9-11(24-7(2)21)12(25-8(3)22)15(26-9)19-5-18-10(13(19)16)14(17)27/h5,9,11-12,15H,4,16H2,1-3H3,(H2,17,27)/t9-,11-,12+,15-/m1/s1. The van der Waals surface area contributed by atoms with Crippen molar-refractivity contribution in [3.8, 4) is 0 Å². The van der Waals surface area contributed by atoms with Crippen molar-refractivity contribution in [1.82, 2.24) is 9.55 Å². The number of thiocarbonyl (C=S) groups is 1. The number of esters is 3. The Morgan fingerprint density at radius 1 is 1.19 bits per heavy atom. The molecule has 4 N–H and O–H groups in total. The number of anilines is 1. The lowest BCUT2D eigenvalue weighted by atomic mass is 10.1. The molecule has 4 atom stereocenters. The van der Waals surface area contributed by atoms with Crippen LogP contribution in [0.5, 0.6) is 0 Å². The van der Waals surface area contributed by atoms with Crippen molar-refractivity contribution in [3.63, 3.8) is 0 Å². The third-order valence-corrected chi connectivity index (χ3v) is 3.87. The average molecular weight is 400 g/mol. The van der Waals surface area contributed by atoms with Gasteiger partial charge in [0.25, 0.3) is 0 Å². The van der Waals surface area contributed by atoms with Gasteiger partial charge in [-0.05, 0) is 0 Å². The Bertz CT molecular complexity index is 765. The number of hydrogen-bond acceptors (Lipinski definition) is 10. The van der Waals surface area contributed by atoms with Gasteiger partial charge in [-0.3, -0.25) is 19.0 Å². The summed E-state index contributed by atoms with van der Waals surface area (Å²) in [5.74, 6) is -1.73. The summed E-state index contributed by atoms with van der Waals surface area (Å²) in [7, 11) is 0. The molecule has 1 saturated heterocycles. The normalized spacial score (nSPS) is 24.3. The predicted octanol–water partition coefficient (Wildman–Crippen LogP) is -0.577. The molecule has 0 aliphatic carbocycles. The number of nitrogens with two attached hydrogens (primary N) is 2. The minimum absolute atomic E-state index is 0.0266. The van der Waals surface area contributed by atoms with Gasteiger partial charge in [-0.25, -0.2) is 4.98 Å². The van der Waals surface area contributed by atoms with Gasteiger partial charge in [0, 0.05) is 20.8 Å². The lowest BCUT2D eigenvalue weighted by Crippen LogP contribution is -2.40. The van der Waals surface area contributed by atoms with Crippen LogP contribution in [0, 0.1) is 0 Å². The summed E-state index contributed by atoms with van der Waals surface area (Å²) < 4.78 is 22.7. The fraction of sp³-hybridized carbons (Fsp3) is 0.533. The van der Waals surface area contributed by atoms with Gasteiger partial charge in [-0.2, -0.15) is 0 Å². The van der Waals surface area contributed by atoms with Crippen molar-refractivity contribution in [2.24, 2.45) is 5.73 Å². The van der Waals surface area contributed by atoms with E-state index in [0.29, 0.717) is 0 Å². The number of imidazole rings is 1. The second-order valence-electron chi connectivity index (χ2n) is 5.77. The zero-order valence-electron chi connectivity index (χ0n) is 14.9. The highest BCUT2D eigenvalue weighted by Crippen LogP contribution is 2.36. The molecule has 1 aliphatic heterocycles. The molecule has 12 heteroatoms. The second kappa shape index (κ2) is 8.31. The number of nitrogen functional groups attached to an aromatic ring is 1. The molecule has 0 aromatic carbocycles. The molecule has 0 bridgehead atoms. The molecule has 2 heterocycles. The van der Waals surface area contributed by atoms with Crippen molar-refractivity contribution in [3.05, 3.63) is 12.0 Å². The highest BCUT2D eigenvalue weighted by molar-refractivity contribution is 7.80. The third kappa shape index (κ3) is 4.71. The molecule has 11 nitrogen and oxygen atoms in total. The quantitative estimate of drug-likeness (QED) is 0.357. The van der Waals surface area contributed by atoms with Crippen molar-refractivity contribution >= 4 is 40.9 Å². The monoisotopic (exact) mass is 400 g/mol. The number of rotatable bonds is 6. The first-order chi connectivity index (χ1) is 12.6. The summed E-state index contributed by atoms with van der Waals surface area (Å²) in [6.45, 7) is 3.38. The van der Waals surface area contributed by atoms with Gasteiger partial charge in [0.05, 0.1) is 6.33 Å². The van der Waals surface area contributed by atoms with Crippen LogP contribution in [0.1, 0.15) is 32.7 Å². The van der Waals surface area contributed by atoms with Gasteiger partial charge in [0.15, 0.2) is 18.4 Å². The van der Waals surface area contributed by atoms with Crippen molar-refractivity contribution in [2.75, 3.05) is 12.3 Å². The third-order valence-electron chi connectivity index (χ3n) is 3.68. The SMILES string of the molecule is CC(=O)OC[C@H]1O[C@@H](n2cnc(C(N)=S)c2N)[C@@H](OC(C)=O)[C@@H]1OC(C)=O. The molecular weight excluding hydrogens is 380 g/mol. The Morgan fingerprint density at radius 2 is 1.78 bits per heavy atom. The van der Waals surface area contributed by atoms with E-state index in [1.54, 1.807) is 0 Å². The van der Waals surface area contributed by atoms with Gasteiger partial charge in [-0.15, -0.1) is 0 Å². The van der Waals surface area contributed by atoms with E-state index in [4.69, 9.17) is 42.6 Å². The molecule has 1 fully saturated rings. The topological polar surface area (TPSA) is 158 Å². The first-order valence-electron chi connectivity index (χ1n) is 7.87. The van der Waals surface area contributed by atoms with Crippen LogP contribution in [0.2, 0.25) is 0 Å². The lowest BCUT2D eigenvalue weighted by Gasteiger charge is -2.24. The Labute approximate surface area is 159 Å². The smallest absolute Gasteiger partial charge is 0.303 e. The Kier molecular flexibility index (Phi) is 6.33. The maximum atomic E-state index is 11.6. The number of carbonyl (C=O) groups is 3. The summed E-state index contributed by atoms with van der Waals surface area (Å²) in [5, 5.41) is 0. The number of aromatic nitrogens is 2. The van der Waals surface area contributed by atoms with Crippen LogP contribution in [-0.4, -0.2) is 57.4 Å². The highest BCUT2D eigenvalue weighted by Gasteiger charge is 2.51. The molecular formula is C15H20N4O7S. The first-order valence-corrected chi connectivity index (χ1v) is 8.28. The van der Waals surface area contributed by atoms with Crippen LogP contribution in [-0.2, 0) is 33.3 Å². The van der Waals surface area contributed by atoms with Crippen LogP contribution in [0.4, 0.5) is 5.82 Å². The molecule has 27 heavy (non-hydrogen) atoms. The molecule has 2 rings (SSSR count). The van der Waals surface area contributed by atoms with Gasteiger partial charge in [0.2, 0.25) is 0 Å². The number of hydrogen-bond donors (Lipinski definition) is 2. The fourth-order valence-corrected chi connectivity index (χ4v) is 2.84. The van der Waals surface area contributed by atoms with E-state index in [1.165, 1.54) is 31.7 Å². The Hall–Kier alpha value is -2.73. The summed E-state index contributed by atoms with van der Waals surface area (Å²) in [4.78, 5) is 38.2.